The number of hydrogen-bond acceptors (Lipinski definition) is 4. The zero-order valence-electron chi connectivity index (χ0n) is 16.6. The zero-order chi connectivity index (χ0) is 20.0. The largest absolute Gasteiger partial charge is 0.482 e. The maximum absolute atomic E-state index is 12.0. The minimum absolute atomic E-state index is 0.239. The second-order valence-corrected chi connectivity index (χ2v) is 6.99. The third kappa shape index (κ3) is 6.13. The Morgan fingerprint density at radius 3 is 2.37 bits per heavy atom. The smallest absolute Gasteiger partial charge is 0.344 e. The Morgan fingerprint density at radius 1 is 0.963 bits per heavy atom. The van der Waals surface area contributed by atoms with Crippen LogP contribution >= 0.6 is 0 Å². The lowest BCUT2D eigenvalue weighted by Crippen LogP contribution is -2.24. The molecule has 1 N–H and O–H groups in total. The number of amides is 1. The summed E-state index contributed by atoms with van der Waals surface area (Å²) in [6.07, 6.45) is 0. The van der Waals surface area contributed by atoms with Crippen molar-refractivity contribution in [3.63, 3.8) is 0 Å². The molecule has 0 heterocycles. The molecule has 2 rings (SSSR count). The van der Waals surface area contributed by atoms with Crippen molar-refractivity contribution in [1.29, 1.82) is 0 Å². The van der Waals surface area contributed by atoms with Gasteiger partial charge in [0.2, 0.25) is 0 Å². The normalized spacial score (nSPS) is 10.6. The Labute approximate surface area is 160 Å². The number of nitrogens with one attached hydrogen (secondary N) is 1. The number of aryl methyl sites for hydroxylation is 3. The molecule has 0 aliphatic heterocycles. The van der Waals surface area contributed by atoms with Crippen LogP contribution in [0, 0.1) is 20.8 Å². The molecule has 0 aliphatic carbocycles. The molecule has 0 radical (unpaired) electrons. The van der Waals surface area contributed by atoms with Crippen LogP contribution in [0.25, 0.3) is 0 Å². The molecule has 0 unspecified atom stereocenters. The first-order valence-corrected chi connectivity index (χ1v) is 9.02. The first kappa shape index (κ1) is 20.5. The van der Waals surface area contributed by atoms with Crippen molar-refractivity contribution >= 4 is 17.6 Å². The highest BCUT2D eigenvalue weighted by atomic mass is 16.6. The van der Waals surface area contributed by atoms with Gasteiger partial charge in [0.05, 0.1) is 0 Å². The van der Waals surface area contributed by atoms with E-state index >= 15 is 0 Å². The Bertz CT molecular complexity index is 827. The number of carbonyl (C=O) groups is 2. The van der Waals surface area contributed by atoms with Crippen molar-refractivity contribution in [1.82, 2.24) is 0 Å². The number of rotatable bonds is 7. The second kappa shape index (κ2) is 9.21. The van der Waals surface area contributed by atoms with Gasteiger partial charge in [-0.1, -0.05) is 32.0 Å². The van der Waals surface area contributed by atoms with Crippen molar-refractivity contribution in [2.45, 2.75) is 40.5 Å². The van der Waals surface area contributed by atoms with Gasteiger partial charge in [-0.05, 0) is 67.1 Å². The minimum Gasteiger partial charge on any atom is -0.482 e. The van der Waals surface area contributed by atoms with Crippen LogP contribution in [0.1, 0.15) is 42.0 Å². The van der Waals surface area contributed by atoms with Gasteiger partial charge in [0.15, 0.2) is 13.2 Å². The number of anilines is 1. The van der Waals surface area contributed by atoms with Crippen LogP contribution in [0.3, 0.4) is 0 Å². The Kier molecular flexibility index (Phi) is 6.99. The predicted molar refractivity (Wildman–Crippen MR) is 106 cm³/mol. The van der Waals surface area contributed by atoms with Gasteiger partial charge in [-0.2, -0.15) is 0 Å². The van der Waals surface area contributed by atoms with Crippen LogP contribution < -0.4 is 10.1 Å². The Balaban J connectivity index is 1.80. The van der Waals surface area contributed by atoms with Crippen molar-refractivity contribution in [3.8, 4) is 5.75 Å². The average Bonchev–Trinajstić information content (AvgIpc) is 2.61. The van der Waals surface area contributed by atoms with Gasteiger partial charge < -0.3 is 14.8 Å². The second-order valence-electron chi connectivity index (χ2n) is 6.99. The summed E-state index contributed by atoms with van der Waals surface area (Å²) in [4.78, 5) is 23.8. The molecular weight excluding hydrogens is 342 g/mol. The molecule has 27 heavy (non-hydrogen) atoms. The number of benzene rings is 2. The van der Waals surface area contributed by atoms with E-state index in [1.807, 2.05) is 57.2 Å². The van der Waals surface area contributed by atoms with Gasteiger partial charge in [-0.15, -0.1) is 0 Å². The van der Waals surface area contributed by atoms with E-state index in [0.29, 0.717) is 17.4 Å². The summed E-state index contributed by atoms with van der Waals surface area (Å²) in [7, 11) is 0. The van der Waals surface area contributed by atoms with Crippen molar-refractivity contribution in [2.24, 2.45) is 0 Å². The highest BCUT2D eigenvalue weighted by Gasteiger charge is 2.11. The van der Waals surface area contributed by atoms with Gasteiger partial charge in [-0.3, -0.25) is 4.79 Å². The molecular formula is C22H27NO4. The first-order chi connectivity index (χ1) is 12.8. The standard InChI is InChI=1S/C22H27NO4/c1-14(2)19-9-8-18(11-17(19)5)26-13-22(25)27-12-21(24)23-20-10-15(3)6-7-16(20)4/h6-11,14H,12-13H2,1-5H3,(H,23,24). The molecule has 2 aromatic rings. The SMILES string of the molecule is Cc1ccc(C)c(NC(=O)COC(=O)COc2ccc(C(C)C)c(C)c2)c1. The Hall–Kier alpha value is -2.82. The molecule has 0 atom stereocenters. The fraction of sp³-hybridized carbons (Fsp3) is 0.364. The van der Waals surface area contributed by atoms with E-state index in [4.69, 9.17) is 9.47 Å². The van der Waals surface area contributed by atoms with E-state index < -0.39 is 5.97 Å². The minimum atomic E-state index is -0.586. The van der Waals surface area contributed by atoms with Crippen molar-refractivity contribution in [3.05, 3.63) is 58.7 Å². The Morgan fingerprint density at radius 2 is 1.70 bits per heavy atom. The lowest BCUT2D eigenvalue weighted by molar-refractivity contribution is -0.149. The van der Waals surface area contributed by atoms with E-state index in [1.54, 1.807) is 0 Å². The molecule has 144 valence electrons. The monoisotopic (exact) mass is 369 g/mol. The first-order valence-electron chi connectivity index (χ1n) is 9.02. The summed E-state index contributed by atoms with van der Waals surface area (Å²) in [6, 6.07) is 11.5. The molecule has 0 aromatic heterocycles. The molecule has 5 heteroatoms. The van der Waals surface area contributed by atoms with E-state index in [2.05, 4.69) is 19.2 Å². The molecule has 0 bridgehead atoms. The summed E-state index contributed by atoms with van der Waals surface area (Å²) in [5.41, 5.74) is 5.06. The lowest BCUT2D eigenvalue weighted by atomic mass is 9.98. The summed E-state index contributed by atoms with van der Waals surface area (Å²) in [6.45, 7) is 9.53. The molecule has 0 fully saturated rings. The summed E-state index contributed by atoms with van der Waals surface area (Å²) in [5.74, 6) is 0.0686. The van der Waals surface area contributed by atoms with E-state index in [1.165, 1.54) is 5.56 Å². The van der Waals surface area contributed by atoms with Gasteiger partial charge in [0.25, 0.3) is 5.91 Å². The maximum Gasteiger partial charge on any atom is 0.344 e. The van der Waals surface area contributed by atoms with Crippen LogP contribution in [0.2, 0.25) is 0 Å². The topological polar surface area (TPSA) is 64.6 Å². The van der Waals surface area contributed by atoms with Crippen LogP contribution in [-0.4, -0.2) is 25.1 Å². The number of hydrogen-bond donors (Lipinski definition) is 1. The summed E-state index contributed by atoms with van der Waals surface area (Å²) >= 11 is 0. The van der Waals surface area contributed by atoms with Gasteiger partial charge >= 0.3 is 5.97 Å². The molecule has 0 saturated heterocycles. The van der Waals surface area contributed by atoms with Crippen LogP contribution in [0.4, 0.5) is 5.69 Å². The van der Waals surface area contributed by atoms with Crippen LogP contribution in [0.15, 0.2) is 36.4 Å². The third-order valence-electron chi connectivity index (χ3n) is 4.25. The highest BCUT2D eigenvalue weighted by molar-refractivity contribution is 5.93. The highest BCUT2D eigenvalue weighted by Crippen LogP contribution is 2.23. The van der Waals surface area contributed by atoms with Crippen molar-refractivity contribution in [2.75, 3.05) is 18.5 Å². The summed E-state index contributed by atoms with van der Waals surface area (Å²) in [5, 5.41) is 2.75. The van der Waals surface area contributed by atoms with E-state index in [0.717, 1.165) is 16.7 Å². The van der Waals surface area contributed by atoms with E-state index in [-0.39, 0.29) is 19.1 Å². The average molecular weight is 369 g/mol. The van der Waals surface area contributed by atoms with Gasteiger partial charge in [0.1, 0.15) is 5.75 Å². The quantitative estimate of drug-likeness (QED) is 0.739. The van der Waals surface area contributed by atoms with Crippen molar-refractivity contribution < 1.29 is 19.1 Å². The number of ether oxygens (including phenoxy) is 2. The van der Waals surface area contributed by atoms with Gasteiger partial charge in [0, 0.05) is 5.69 Å². The predicted octanol–water partition coefficient (Wildman–Crippen LogP) is 4.30. The third-order valence-corrected chi connectivity index (χ3v) is 4.25. The maximum atomic E-state index is 12.0. The van der Waals surface area contributed by atoms with Crippen LogP contribution in [-0.2, 0) is 14.3 Å². The fourth-order valence-electron chi connectivity index (χ4n) is 2.77. The number of carbonyl (C=O) groups excluding carboxylic acids is 2. The fourth-order valence-corrected chi connectivity index (χ4v) is 2.77. The van der Waals surface area contributed by atoms with E-state index in [9.17, 15) is 9.59 Å². The molecule has 0 spiro atoms. The molecule has 1 amide bonds. The van der Waals surface area contributed by atoms with Crippen LogP contribution in [0.5, 0.6) is 5.75 Å². The molecule has 0 aliphatic rings. The van der Waals surface area contributed by atoms with Gasteiger partial charge in [-0.25, -0.2) is 4.79 Å². The zero-order valence-corrected chi connectivity index (χ0v) is 16.6. The lowest BCUT2D eigenvalue weighted by Gasteiger charge is -2.12. The molecule has 5 nitrogen and oxygen atoms in total. The summed E-state index contributed by atoms with van der Waals surface area (Å²) < 4.78 is 10.4. The number of esters is 1. The molecule has 0 saturated carbocycles. The molecule has 2 aromatic carbocycles.